The summed E-state index contributed by atoms with van der Waals surface area (Å²) in [4.78, 5) is 17.1. The molecule has 0 aliphatic heterocycles. The highest BCUT2D eigenvalue weighted by atomic mass is 19.1. The number of aromatic nitrogens is 3. The number of hydrogen-bond donors (Lipinski definition) is 1. The van der Waals surface area contributed by atoms with Crippen LogP contribution in [0.5, 0.6) is 11.8 Å². The number of ether oxygens (including phenoxy) is 3. The van der Waals surface area contributed by atoms with Crippen LogP contribution in [0, 0.1) is 5.82 Å². The third kappa shape index (κ3) is 6.01. The number of carbonyl (C=O) groups excluding carboxylic acids is 1. The van der Waals surface area contributed by atoms with Gasteiger partial charge in [0.1, 0.15) is 18.2 Å². The molecule has 1 aromatic heterocycles. The largest absolute Gasteiger partial charge is 0.497 e. The molecule has 0 bridgehead atoms. The molecule has 180 valence electrons. The molecule has 1 amide bonds. The third-order valence-electron chi connectivity index (χ3n) is 5.03. The molecule has 3 aromatic carbocycles. The molecule has 0 atom stereocenters. The van der Waals surface area contributed by atoms with E-state index in [0.717, 1.165) is 11.3 Å². The first-order chi connectivity index (χ1) is 17.1. The normalized spacial score (nSPS) is 10.7. The average molecular weight is 477 g/mol. The van der Waals surface area contributed by atoms with Gasteiger partial charge in [-0.3, -0.25) is 4.79 Å². The molecule has 0 fully saturated rings. The fourth-order valence-corrected chi connectivity index (χ4v) is 3.35. The van der Waals surface area contributed by atoms with Gasteiger partial charge < -0.3 is 19.5 Å². The molecule has 0 aliphatic carbocycles. The van der Waals surface area contributed by atoms with E-state index in [-0.39, 0.29) is 11.6 Å². The molecule has 8 nitrogen and oxygen atoms in total. The summed E-state index contributed by atoms with van der Waals surface area (Å²) in [5.41, 5.74) is 2.19. The van der Waals surface area contributed by atoms with Gasteiger partial charge in [0.15, 0.2) is 5.82 Å². The van der Waals surface area contributed by atoms with Crippen LogP contribution in [0.4, 0.5) is 10.1 Å². The Kier molecular flexibility index (Phi) is 7.69. The van der Waals surface area contributed by atoms with Crippen LogP contribution in [0.3, 0.4) is 0 Å². The van der Waals surface area contributed by atoms with Crippen molar-refractivity contribution in [2.75, 3.05) is 32.2 Å². The molecule has 1 N–H and O–H groups in total. The van der Waals surface area contributed by atoms with E-state index in [1.807, 2.05) is 37.3 Å². The lowest BCUT2D eigenvalue weighted by atomic mass is 10.2. The number of methoxy groups -OCH3 is 1. The predicted molar refractivity (Wildman–Crippen MR) is 130 cm³/mol. The van der Waals surface area contributed by atoms with Gasteiger partial charge >= 0.3 is 6.01 Å². The highest BCUT2D eigenvalue weighted by Crippen LogP contribution is 2.26. The summed E-state index contributed by atoms with van der Waals surface area (Å²) in [5, 5.41) is 7.31. The van der Waals surface area contributed by atoms with Crippen LogP contribution >= 0.6 is 0 Å². The van der Waals surface area contributed by atoms with E-state index >= 15 is 0 Å². The van der Waals surface area contributed by atoms with Crippen LogP contribution in [0.2, 0.25) is 0 Å². The van der Waals surface area contributed by atoms with Gasteiger partial charge in [0.2, 0.25) is 0 Å². The SMILES string of the molecule is CCOCCOc1nc(-c2ccc(OC)cc2)n(-c2cccc(NC(=O)c3cccc(F)c3)c2)n1. The first kappa shape index (κ1) is 23.9. The van der Waals surface area contributed by atoms with Gasteiger partial charge in [0, 0.05) is 23.4 Å². The molecule has 9 heteroatoms. The highest BCUT2D eigenvalue weighted by molar-refractivity contribution is 6.04. The third-order valence-corrected chi connectivity index (χ3v) is 5.03. The number of carbonyl (C=O) groups is 1. The summed E-state index contributed by atoms with van der Waals surface area (Å²) in [6, 6.07) is 20.2. The maximum atomic E-state index is 13.5. The fourth-order valence-electron chi connectivity index (χ4n) is 3.35. The molecular formula is C26H25FN4O4. The fraction of sp³-hybridized carbons (Fsp3) is 0.192. The minimum atomic E-state index is -0.477. The summed E-state index contributed by atoms with van der Waals surface area (Å²) in [7, 11) is 1.60. The second-order valence-electron chi connectivity index (χ2n) is 7.42. The monoisotopic (exact) mass is 476 g/mol. The molecule has 0 saturated carbocycles. The van der Waals surface area contributed by atoms with Crippen molar-refractivity contribution in [3.8, 4) is 28.8 Å². The van der Waals surface area contributed by atoms with E-state index in [1.54, 1.807) is 36.1 Å². The Morgan fingerprint density at radius 1 is 1.03 bits per heavy atom. The molecule has 0 unspecified atom stereocenters. The number of nitrogens with zero attached hydrogens (tertiary/aromatic N) is 3. The Hall–Kier alpha value is -4.24. The zero-order chi connectivity index (χ0) is 24.6. The van der Waals surface area contributed by atoms with E-state index in [1.165, 1.54) is 18.2 Å². The second-order valence-corrected chi connectivity index (χ2v) is 7.42. The molecule has 4 aromatic rings. The second kappa shape index (κ2) is 11.3. The van der Waals surface area contributed by atoms with Gasteiger partial charge in [-0.05, 0) is 67.6 Å². The summed E-state index contributed by atoms with van der Waals surface area (Å²) in [6.45, 7) is 3.24. The Labute approximate surface area is 202 Å². The highest BCUT2D eigenvalue weighted by Gasteiger charge is 2.16. The standard InChI is InChI=1S/C26H25FN4O4/c1-3-34-14-15-35-26-29-24(18-10-12-23(33-2)13-11-18)31(30-26)22-9-5-8-21(17-22)28-25(32)19-6-4-7-20(27)16-19/h4-13,16-17H,3,14-15H2,1-2H3,(H,28,32). The van der Waals surface area contributed by atoms with Crippen molar-refractivity contribution in [2.24, 2.45) is 0 Å². The van der Waals surface area contributed by atoms with E-state index in [0.29, 0.717) is 37.0 Å². The zero-order valence-electron chi connectivity index (χ0n) is 19.4. The molecule has 1 heterocycles. The van der Waals surface area contributed by atoms with Gasteiger partial charge in [0.25, 0.3) is 5.91 Å². The van der Waals surface area contributed by atoms with Gasteiger partial charge in [-0.25, -0.2) is 9.07 Å². The number of hydrogen-bond acceptors (Lipinski definition) is 6. The number of benzene rings is 3. The number of amides is 1. The van der Waals surface area contributed by atoms with Gasteiger partial charge in [-0.15, -0.1) is 5.10 Å². The maximum Gasteiger partial charge on any atom is 0.336 e. The summed E-state index contributed by atoms with van der Waals surface area (Å²) in [6.07, 6.45) is 0. The topological polar surface area (TPSA) is 87.5 Å². The first-order valence-corrected chi connectivity index (χ1v) is 11.1. The summed E-state index contributed by atoms with van der Waals surface area (Å²) in [5.74, 6) is 0.369. The van der Waals surface area contributed by atoms with Gasteiger partial charge in [-0.2, -0.15) is 4.98 Å². The number of nitrogens with one attached hydrogen (secondary N) is 1. The Bertz CT molecular complexity index is 1290. The van der Waals surface area contributed by atoms with Gasteiger partial charge in [0.05, 0.1) is 19.4 Å². The van der Waals surface area contributed by atoms with Crippen LogP contribution < -0.4 is 14.8 Å². The van der Waals surface area contributed by atoms with Crippen LogP contribution in [0.25, 0.3) is 17.1 Å². The van der Waals surface area contributed by atoms with Crippen LogP contribution in [-0.4, -0.2) is 47.6 Å². The van der Waals surface area contributed by atoms with Crippen molar-refractivity contribution in [1.29, 1.82) is 0 Å². The van der Waals surface area contributed by atoms with Crippen molar-refractivity contribution in [3.05, 3.63) is 84.2 Å². The first-order valence-electron chi connectivity index (χ1n) is 11.1. The molecule has 4 rings (SSSR count). The lowest BCUT2D eigenvalue weighted by Crippen LogP contribution is -2.12. The quantitative estimate of drug-likeness (QED) is 0.333. The molecule has 0 spiro atoms. The molecular weight excluding hydrogens is 451 g/mol. The van der Waals surface area contributed by atoms with Crippen LogP contribution in [0.1, 0.15) is 17.3 Å². The molecule has 0 radical (unpaired) electrons. The number of rotatable bonds is 10. The molecule has 0 aliphatic rings. The van der Waals surface area contributed by atoms with E-state index in [4.69, 9.17) is 14.2 Å². The lowest BCUT2D eigenvalue weighted by molar-refractivity contribution is 0.102. The van der Waals surface area contributed by atoms with Crippen molar-refractivity contribution < 1.29 is 23.4 Å². The van der Waals surface area contributed by atoms with Crippen LogP contribution in [0.15, 0.2) is 72.8 Å². The zero-order valence-corrected chi connectivity index (χ0v) is 19.4. The van der Waals surface area contributed by atoms with E-state index in [2.05, 4.69) is 15.4 Å². The van der Waals surface area contributed by atoms with E-state index in [9.17, 15) is 9.18 Å². The smallest absolute Gasteiger partial charge is 0.336 e. The Balaban J connectivity index is 1.64. The summed E-state index contributed by atoms with van der Waals surface area (Å²) >= 11 is 0. The average Bonchev–Trinajstić information content (AvgIpc) is 3.31. The van der Waals surface area contributed by atoms with Crippen LogP contribution in [-0.2, 0) is 4.74 Å². The molecule has 0 saturated heterocycles. The Morgan fingerprint density at radius 3 is 2.57 bits per heavy atom. The minimum Gasteiger partial charge on any atom is -0.497 e. The lowest BCUT2D eigenvalue weighted by Gasteiger charge is -2.10. The van der Waals surface area contributed by atoms with Crippen molar-refractivity contribution in [3.63, 3.8) is 0 Å². The van der Waals surface area contributed by atoms with Gasteiger partial charge in [-0.1, -0.05) is 12.1 Å². The predicted octanol–water partition coefficient (Wildman–Crippen LogP) is 4.75. The number of halogens is 1. The van der Waals surface area contributed by atoms with Crippen molar-refractivity contribution in [1.82, 2.24) is 14.8 Å². The summed E-state index contributed by atoms with van der Waals surface area (Å²) < 4.78 is 31.4. The van der Waals surface area contributed by atoms with Crippen molar-refractivity contribution in [2.45, 2.75) is 6.92 Å². The maximum absolute atomic E-state index is 13.5. The number of anilines is 1. The minimum absolute atomic E-state index is 0.199. The van der Waals surface area contributed by atoms with E-state index < -0.39 is 11.7 Å². The van der Waals surface area contributed by atoms with Crippen molar-refractivity contribution >= 4 is 11.6 Å². The Morgan fingerprint density at radius 2 is 1.83 bits per heavy atom. The molecule has 35 heavy (non-hydrogen) atoms.